The molecule has 0 aliphatic carbocycles. The average molecular weight is 245 g/mol. The molecule has 0 spiro atoms. The predicted octanol–water partition coefficient (Wildman–Crippen LogP) is 0.728. The van der Waals surface area contributed by atoms with Crippen molar-refractivity contribution >= 4 is 11.9 Å². The number of hydrogen-bond donors (Lipinski definition) is 2. The van der Waals surface area contributed by atoms with E-state index in [1.54, 1.807) is 30.5 Å². The quantitative estimate of drug-likeness (QED) is 0.829. The van der Waals surface area contributed by atoms with Crippen LogP contribution in [0, 0.1) is 0 Å². The van der Waals surface area contributed by atoms with Crippen LogP contribution in [0.15, 0.2) is 36.5 Å². The van der Waals surface area contributed by atoms with Gasteiger partial charge in [-0.25, -0.2) is 4.79 Å². The number of carbonyl (C=O) groups excluding carboxylic acids is 1. The van der Waals surface area contributed by atoms with Crippen LogP contribution in [-0.4, -0.2) is 26.8 Å². The van der Waals surface area contributed by atoms with Crippen molar-refractivity contribution in [2.24, 2.45) is 5.73 Å². The van der Waals surface area contributed by atoms with Crippen molar-refractivity contribution in [3.05, 3.63) is 53.3 Å². The summed E-state index contributed by atoms with van der Waals surface area (Å²) in [7, 11) is 0. The minimum Gasteiger partial charge on any atom is -0.476 e. The zero-order chi connectivity index (χ0) is 13.1. The number of rotatable bonds is 4. The monoisotopic (exact) mass is 245 g/mol. The van der Waals surface area contributed by atoms with Crippen molar-refractivity contribution in [3.63, 3.8) is 0 Å². The Morgan fingerprint density at radius 3 is 2.61 bits per heavy atom. The molecule has 1 amide bonds. The molecule has 0 atom stereocenters. The van der Waals surface area contributed by atoms with E-state index in [1.165, 1.54) is 10.7 Å². The molecule has 92 valence electrons. The summed E-state index contributed by atoms with van der Waals surface area (Å²) >= 11 is 0. The maximum absolute atomic E-state index is 11.2. The highest BCUT2D eigenvalue weighted by Crippen LogP contribution is 2.10. The molecule has 0 unspecified atom stereocenters. The van der Waals surface area contributed by atoms with Gasteiger partial charge in [-0.2, -0.15) is 5.10 Å². The molecule has 1 heterocycles. The maximum atomic E-state index is 11.2. The first-order chi connectivity index (χ1) is 8.58. The number of aromatic carboxylic acids is 1. The van der Waals surface area contributed by atoms with E-state index < -0.39 is 11.9 Å². The van der Waals surface area contributed by atoms with E-state index in [-0.39, 0.29) is 5.69 Å². The summed E-state index contributed by atoms with van der Waals surface area (Å²) < 4.78 is 1.45. The van der Waals surface area contributed by atoms with Crippen molar-refractivity contribution in [1.29, 1.82) is 0 Å². The predicted molar refractivity (Wildman–Crippen MR) is 63.2 cm³/mol. The normalized spacial score (nSPS) is 10.2. The van der Waals surface area contributed by atoms with Crippen LogP contribution in [0.2, 0.25) is 0 Å². The first-order valence-electron chi connectivity index (χ1n) is 5.22. The van der Waals surface area contributed by atoms with Gasteiger partial charge in [0.25, 0.3) is 0 Å². The standard InChI is InChI=1S/C12H11N3O3/c13-11(16)9-4-2-1-3-8(9)7-15-6-5-10(14-15)12(17)18/h1-6H,7H2,(H2,13,16)(H,17,18). The second-order valence-corrected chi connectivity index (χ2v) is 3.73. The molecule has 3 N–H and O–H groups in total. The van der Waals surface area contributed by atoms with E-state index in [9.17, 15) is 9.59 Å². The number of primary amides is 1. The lowest BCUT2D eigenvalue weighted by atomic mass is 10.1. The molecule has 1 aromatic carbocycles. The topological polar surface area (TPSA) is 98.2 Å². The highest BCUT2D eigenvalue weighted by atomic mass is 16.4. The van der Waals surface area contributed by atoms with Crippen LogP contribution < -0.4 is 5.73 Å². The van der Waals surface area contributed by atoms with Crippen LogP contribution in [0.1, 0.15) is 26.4 Å². The van der Waals surface area contributed by atoms with Gasteiger partial charge in [0.05, 0.1) is 6.54 Å². The first-order valence-corrected chi connectivity index (χ1v) is 5.22. The fraction of sp³-hybridized carbons (Fsp3) is 0.0833. The molecule has 0 fully saturated rings. The van der Waals surface area contributed by atoms with Gasteiger partial charge in [0.1, 0.15) is 0 Å². The summed E-state index contributed by atoms with van der Waals surface area (Å²) in [5, 5.41) is 12.6. The summed E-state index contributed by atoms with van der Waals surface area (Å²) in [6.45, 7) is 0.298. The Balaban J connectivity index is 2.28. The molecule has 0 aliphatic heterocycles. The van der Waals surface area contributed by atoms with Crippen LogP contribution in [0.5, 0.6) is 0 Å². The number of hydrogen-bond acceptors (Lipinski definition) is 3. The Bertz CT molecular complexity index is 604. The van der Waals surface area contributed by atoms with Gasteiger partial charge >= 0.3 is 5.97 Å². The van der Waals surface area contributed by atoms with Gasteiger partial charge in [-0.15, -0.1) is 0 Å². The van der Waals surface area contributed by atoms with Crippen molar-refractivity contribution in [2.45, 2.75) is 6.54 Å². The van der Waals surface area contributed by atoms with Crippen molar-refractivity contribution in [2.75, 3.05) is 0 Å². The van der Waals surface area contributed by atoms with Crippen LogP contribution in [0.4, 0.5) is 0 Å². The average Bonchev–Trinajstić information content (AvgIpc) is 2.78. The third-order valence-electron chi connectivity index (χ3n) is 2.47. The van der Waals surface area contributed by atoms with E-state index in [1.807, 2.05) is 0 Å². The van der Waals surface area contributed by atoms with E-state index >= 15 is 0 Å². The molecule has 6 nitrogen and oxygen atoms in total. The van der Waals surface area contributed by atoms with Crippen molar-refractivity contribution in [1.82, 2.24) is 9.78 Å². The first kappa shape index (κ1) is 11.8. The lowest BCUT2D eigenvalue weighted by Crippen LogP contribution is -2.15. The minimum atomic E-state index is -1.09. The molecule has 0 bridgehead atoms. The van der Waals surface area contributed by atoms with Gasteiger partial charge in [-0.05, 0) is 17.7 Å². The third kappa shape index (κ3) is 2.37. The zero-order valence-corrected chi connectivity index (χ0v) is 9.41. The SMILES string of the molecule is NC(=O)c1ccccc1Cn1ccc(C(=O)O)n1. The highest BCUT2D eigenvalue weighted by molar-refractivity contribution is 5.94. The second kappa shape index (κ2) is 4.70. The second-order valence-electron chi connectivity index (χ2n) is 3.73. The Morgan fingerprint density at radius 2 is 2.00 bits per heavy atom. The summed E-state index contributed by atoms with van der Waals surface area (Å²) in [4.78, 5) is 21.9. The van der Waals surface area contributed by atoms with E-state index in [2.05, 4.69) is 5.10 Å². The number of amides is 1. The van der Waals surface area contributed by atoms with E-state index in [4.69, 9.17) is 10.8 Å². The Kier molecular flexibility index (Phi) is 3.09. The number of aromatic nitrogens is 2. The van der Waals surface area contributed by atoms with E-state index in [0.29, 0.717) is 17.7 Å². The molecule has 0 saturated carbocycles. The number of carboxylic acid groups (broad SMARTS) is 1. The summed E-state index contributed by atoms with van der Waals surface area (Å²) in [5.74, 6) is -1.60. The fourth-order valence-corrected chi connectivity index (χ4v) is 1.64. The van der Waals surface area contributed by atoms with Gasteiger partial charge in [0.15, 0.2) is 5.69 Å². The number of carbonyl (C=O) groups is 2. The minimum absolute atomic E-state index is 0.0356. The summed E-state index contributed by atoms with van der Waals surface area (Å²) in [6, 6.07) is 8.27. The highest BCUT2D eigenvalue weighted by Gasteiger charge is 2.10. The Morgan fingerprint density at radius 1 is 1.28 bits per heavy atom. The molecule has 0 radical (unpaired) electrons. The van der Waals surface area contributed by atoms with Gasteiger partial charge in [0.2, 0.25) is 5.91 Å². The molecular formula is C12H11N3O3. The van der Waals surface area contributed by atoms with Gasteiger partial charge < -0.3 is 10.8 Å². The smallest absolute Gasteiger partial charge is 0.356 e. The molecular weight excluding hydrogens is 234 g/mol. The van der Waals surface area contributed by atoms with Crippen molar-refractivity contribution in [3.8, 4) is 0 Å². The summed E-state index contributed by atoms with van der Waals surface area (Å²) in [6.07, 6.45) is 1.54. The van der Waals surface area contributed by atoms with E-state index in [0.717, 1.165) is 0 Å². The van der Waals surface area contributed by atoms with Crippen LogP contribution in [-0.2, 0) is 6.54 Å². The van der Waals surface area contributed by atoms with Crippen LogP contribution in [0.3, 0.4) is 0 Å². The molecule has 2 aromatic rings. The lowest BCUT2D eigenvalue weighted by Gasteiger charge is -2.06. The Labute approximate surface area is 103 Å². The third-order valence-corrected chi connectivity index (χ3v) is 2.47. The molecule has 6 heteroatoms. The number of carboxylic acids is 1. The number of benzene rings is 1. The molecule has 1 aromatic heterocycles. The van der Waals surface area contributed by atoms with Gasteiger partial charge in [0, 0.05) is 11.8 Å². The Hall–Kier alpha value is -2.63. The fourth-order valence-electron chi connectivity index (χ4n) is 1.64. The maximum Gasteiger partial charge on any atom is 0.356 e. The number of nitrogens with two attached hydrogens (primary N) is 1. The zero-order valence-electron chi connectivity index (χ0n) is 9.41. The largest absolute Gasteiger partial charge is 0.476 e. The molecule has 18 heavy (non-hydrogen) atoms. The van der Waals surface area contributed by atoms with Gasteiger partial charge in [-0.3, -0.25) is 9.48 Å². The molecule has 0 saturated heterocycles. The lowest BCUT2D eigenvalue weighted by molar-refractivity contribution is 0.0689. The summed E-state index contributed by atoms with van der Waals surface area (Å²) in [5.41, 5.74) is 6.33. The van der Waals surface area contributed by atoms with Crippen LogP contribution in [0.25, 0.3) is 0 Å². The number of nitrogens with zero attached hydrogens (tertiary/aromatic N) is 2. The van der Waals surface area contributed by atoms with Crippen molar-refractivity contribution < 1.29 is 14.7 Å². The van der Waals surface area contributed by atoms with Gasteiger partial charge in [-0.1, -0.05) is 18.2 Å². The molecule has 2 rings (SSSR count). The molecule has 0 aliphatic rings. The van der Waals surface area contributed by atoms with Crippen LogP contribution >= 0.6 is 0 Å².